The molecule has 6 heteroatoms. The Labute approximate surface area is 133 Å². The number of benzene rings is 1. The van der Waals surface area contributed by atoms with Crippen LogP contribution < -0.4 is 5.32 Å². The van der Waals surface area contributed by atoms with Gasteiger partial charge in [-0.2, -0.15) is 0 Å². The van der Waals surface area contributed by atoms with Crippen LogP contribution >= 0.6 is 11.6 Å². The Morgan fingerprint density at radius 3 is 2.95 bits per heavy atom. The number of amides is 1. The van der Waals surface area contributed by atoms with Gasteiger partial charge in [0.15, 0.2) is 6.35 Å². The number of fused-ring (bicyclic) bond motifs is 1. The summed E-state index contributed by atoms with van der Waals surface area (Å²) in [6, 6.07) is 5.35. The van der Waals surface area contributed by atoms with E-state index in [9.17, 15) is 9.90 Å². The van der Waals surface area contributed by atoms with E-state index in [0.29, 0.717) is 23.9 Å². The Bertz CT molecular complexity index is 725. The molecule has 3 N–H and O–H groups in total. The summed E-state index contributed by atoms with van der Waals surface area (Å²) in [5, 5.41) is 14.7. The van der Waals surface area contributed by atoms with E-state index in [2.05, 4.69) is 10.3 Å². The van der Waals surface area contributed by atoms with Crippen molar-refractivity contribution in [2.75, 3.05) is 6.54 Å². The molecule has 0 spiro atoms. The van der Waals surface area contributed by atoms with Gasteiger partial charge in [-0.15, -0.1) is 0 Å². The van der Waals surface area contributed by atoms with Gasteiger partial charge in [-0.05, 0) is 36.8 Å². The maximum Gasteiger partial charge on any atom is 0.243 e. The van der Waals surface area contributed by atoms with E-state index in [0.717, 1.165) is 29.3 Å². The largest absolute Gasteiger partial charge is 0.361 e. The van der Waals surface area contributed by atoms with Gasteiger partial charge in [0.1, 0.15) is 0 Å². The van der Waals surface area contributed by atoms with E-state index in [1.807, 2.05) is 24.4 Å². The SMILES string of the molecule is O=C1[C@@H](Cc2c[nH]c3c(Cl)cccc23)NC(O)N1CC1CC1. The molecule has 2 fully saturated rings. The number of hydrogen-bond acceptors (Lipinski definition) is 3. The standard InChI is InChI=1S/C16H18ClN3O2/c17-12-3-1-2-11-10(7-18-14(11)12)6-13-15(21)20(16(22)19-13)8-9-4-5-9/h1-3,7,9,13,16,18-19,22H,4-6,8H2/t13-,16?/m1/s1. The topological polar surface area (TPSA) is 68.4 Å². The summed E-state index contributed by atoms with van der Waals surface area (Å²) < 4.78 is 0. The van der Waals surface area contributed by atoms with Crippen molar-refractivity contribution in [2.45, 2.75) is 31.7 Å². The number of hydrogen-bond donors (Lipinski definition) is 3. The minimum absolute atomic E-state index is 0.0178. The van der Waals surface area contributed by atoms with Gasteiger partial charge in [0.25, 0.3) is 0 Å². The number of aliphatic hydroxyl groups is 1. The predicted molar refractivity (Wildman–Crippen MR) is 84.4 cm³/mol. The van der Waals surface area contributed by atoms with Gasteiger partial charge < -0.3 is 15.0 Å². The van der Waals surface area contributed by atoms with Gasteiger partial charge in [-0.3, -0.25) is 10.1 Å². The smallest absolute Gasteiger partial charge is 0.243 e. The van der Waals surface area contributed by atoms with Crippen molar-refractivity contribution in [2.24, 2.45) is 5.92 Å². The fourth-order valence-electron chi connectivity index (χ4n) is 3.14. The zero-order valence-electron chi connectivity index (χ0n) is 12.1. The third-order valence-electron chi connectivity index (χ3n) is 4.55. The van der Waals surface area contributed by atoms with Gasteiger partial charge in [-0.1, -0.05) is 23.7 Å². The van der Waals surface area contributed by atoms with E-state index in [4.69, 9.17) is 11.6 Å². The third-order valence-corrected chi connectivity index (χ3v) is 4.87. The highest BCUT2D eigenvalue weighted by atomic mass is 35.5. The number of nitrogens with one attached hydrogen (secondary N) is 2. The van der Waals surface area contributed by atoms with Gasteiger partial charge in [0.2, 0.25) is 5.91 Å². The molecule has 0 bridgehead atoms. The van der Waals surface area contributed by atoms with E-state index >= 15 is 0 Å². The Morgan fingerprint density at radius 1 is 1.36 bits per heavy atom. The number of halogens is 1. The van der Waals surface area contributed by atoms with Gasteiger partial charge in [-0.25, -0.2) is 0 Å². The van der Waals surface area contributed by atoms with Gasteiger partial charge >= 0.3 is 0 Å². The number of aromatic amines is 1. The second-order valence-electron chi connectivity index (χ2n) is 6.21. The molecule has 5 nitrogen and oxygen atoms in total. The Kier molecular flexibility index (Phi) is 3.36. The number of carbonyl (C=O) groups excluding carboxylic acids is 1. The summed E-state index contributed by atoms with van der Waals surface area (Å²) in [5.74, 6) is 0.543. The molecule has 2 atom stereocenters. The highest BCUT2D eigenvalue weighted by Gasteiger charge is 2.40. The summed E-state index contributed by atoms with van der Waals surface area (Å²) in [6.45, 7) is 0.656. The summed E-state index contributed by atoms with van der Waals surface area (Å²) in [7, 11) is 0. The number of aromatic nitrogens is 1. The van der Waals surface area contributed by atoms with Crippen LogP contribution in [-0.2, 0) is 11.2 Å². The molecule has 1 unspecified atom stereocenters. The molecule has 2 heterocycles. The first-order chi connectivity index (χ1) is 10.6. The molecule has 22 heavy (non-hydrogen) atoms. The lowest BCUT2D eigenvalue weighted by Crippen LogP contribution is -2.38. The highest BCUT2D eigenvalue weighted by molar-refractivity contribution is 6.35. The maximum atomic E-state index is 12.5. The predicted octanol–water partition coefficient (Wildman–Crippen LogP) is 1.85. The normalized spacial score (nSPS) is 25.4. The van der Waals surface area contributed by atoms with Crippen LogP contribution in [0.2, 0.25) is 5.02 Å². The molecule has 1 aromatic carbocycles. The van der Waals surface area contributed by atoms with Crippen LogP contribution in [0.5, 0.6) is 0 Å². The molecule has 2 aliphatic rings. The van der Waals surface area contributed by atoms with Gasteiger partial charge in [0, 0.05) is 18.1 Å². The molecular formula is C16H18ClN3O2. The molecule has 1 saturated heterocycles. The molecule has 116 valence electrons. The number of nitrogens with zero attached hydrogens (tertiary/aromatic N) is 1. The van der Waals surface area contributed by atoms with E-state index in [1.165, 1.54) is 0 Å². The summed E-state index contributed by atoms with van der Waals surface area (Å²) in [5.41, 5.74) is 1.92. The Hall–Kier alpha value is -1.56. The molecular weight excluding hydrogens is 302 g/mol. The van der Waals surface area contributed by atoms with Crippen molar-refractivity contribution in [3.63, 3.8) is 0 Å². The molecule has 0 radical (unpaired) electrons. The number of rotatable bonds is 4. The molecule has 1 aliphatic heterocycles. The second kappa shape index (κ2) is 5.26. The first-order valence-corrected chi connectivity index (χ1v) is 8.00. The fourth-order valence-corrected chi connectivity index (χ4v) is 3.37. The minimum Gasteiger partial charge on any atom is -0.361 e. The van der Waals surface area contributed by atoms with Crippen molar-refractivity contribution in [1.82, 2.24) is 15.2 Å². The summed E-state index contributed by atoms with van der Waals surface area (Å²) >= 11 is 6.16. The molecule has 2 aromatic rings. The third kappa shape index (κ3) is 2.39. The average Bonchev–Trinajstić information content (AvgIpc) is 3.17. The number of para-hydroxylation sites is 1. The summed E-state index contributed by atoms with van der Waals surface area (Å²) in [6.07, 6.45) is 3.87. The Balaban J connectivity index is 1.55. The molecule has 1 aliphatic carbocycles. The van der Waals surface area contributed by atoms with Crippen LogP contribution in [0, 0.1) is 5.92 Å². The quantitative estimate of drug-likeness (QED) is 0.805. The second-order valence-corrected chi connectivity index (χ2v) is 6.61. The van der Waals surface area contributed by atoms with E-state index in [-0.39, 0.29) is 11.9 Å². The lowest BCUT2D eigenvalue weighted by molar-refractivity contribution is -0.134. The zero-order chi connectivity index (χ0) is 15.3. The first-order valence-electron chi connectivity index (χ1n) is 7.62. The van der Waals surface area contributed by atoms with Crippen LogP contribution in [0.15, 0.2) is 24.4 Å². The molecule has 4 rings (SSSR count). The maximum absolute atomic E-state index is 12.5. The zero-order valence-corrected chi connectivity index (χ0v) is 12.8. The van der Waals surface area contributed by atoms with E-state index < -0.39 is 6.35 Å². The van der Waals surface area contributed by atoms with Crippen LogP contribution in [0.1, 0.15) is 18.4 Å². The van der Waals surface area contributed by atoms with Crippen LogP contribution in [0.4, 0.5) is 0 Å². The number of aliphatic hydroxyl groups excluding tert-OH is 1. The first kappa shape index (κ1) is 14.1. The minimum atomic E-state index is -0.869. The highest BCUT2D eigenvalue weighted by Crippen LogP contribution is 2.32. The van der Waals surface area contributed by atoms with E-state index in [1.54, 1.807) is 4.90 Å². The monoisotopic (exact) mass is 319 g/mol. The van der Waals surface area contributed by atoms with Crippen molar-refractivity contribution < 1.29 is 9.90 Å². The van der Waals surface area contributed by atoms with Gasteiger partial charge in [0.05, 0.1) is 16.6 Å². The molecule has 1 saturated carbocycles. The molecule has 1 aromatic heterocycles. The van der Waals surface area contributed by atoms with Crippen LogP contribution in [0.3, 0.4) is 0 Å². The number of carbonyl (C=O) groups is 1. The van der Waals surface area contributed by atoms with Crippen LogP contribution in [-0.4, -0.2) is 39.8 Å². The number of H-pyrrole nitrogens is 1. The van der Waals surface area contributed by atoms with Crippen molar-refractivity contribution in [1.29, 1.82) is 0 Å². The van der Waals surface area contributed by atoms with Crippen molar-refractivity contribution >= 4 is 28.4 Å². The summed E-state index contributed by atoms with van der Waals surface area (Å²) in [4.78, 5) is 17.2. The molecule has 1 amide bonds. The fraction of sp³-hybridized carbons (Fsp3) is 0.438. The average molecular weight is 320 g/mol. The van der Waals surface area contributed by atoms with Crippen molar-refractivity contribution in [3.05, 3.63) is 35.0 Å². The lowest BCUT2D eigenvalue weighted by Gasteiger charge is -2.18. The Morgan fingerprint density at radius 2 is 2.18 bits per heavy atom. The lowest BCUT2D eigenvalue weighted by atomic mass is 10.0. The van der Waals surface area contributed by atoms with Crippen LogP contribution in [0.25, 0.3) is 10.9 Å². The van der Waals surface area contributed by atoms with Crippen molar-refractivity contribution in [3.8, 4) is 0 Å².